The van der Waals surface area contributed by atoms with Gasteiger partial charge in [-0.05, 0) is 47.3 Å². The molecule has 0 fully saturated rings. The summed E-state index contributed by atoms with van der Waals surface area (Å²) in [4.78, 5) is 0. The fraction of sp³-hybridized carbons (Fsp3) is 0.538. The highest BCUT2D eigenvalue weighted by Gasteiger charge is 2.26. The second-order valence-corrected chi connectivity index (χ2v) is 5.95. The third kappa shape index (κ3) is 4.03. The van der Waals surface area contributed by atoms with Crippen LogP contribution >= 0.6 is 15.9 Å². The van der Waals surface area contributed by atoms with Crippen molar-refractivity contribution in [2.45, 2.75) is 39.2 Å². The second-order valence-electron chi connectivity index (χ2n) is 5.09. The van der Waals surface area contributed by atoms with Gasteiger partial charge in [-0.15, -0.1) is 0 Å². The SMILES string of the molecule is CC(C)CC(C)(O)Cc1c(F)ccc(Br)c1F. The van der Waals surface area contributed by atoms with Crippen molar-refractivity contribution in [3.8, 4) is 0 Å². The Balaban J connectivity index is 2.99. The van der Waals surface area contributed by atoms with E-state index in [2.05, 4.69) is 15.9 Å². The first-order valence-electron chi connectivity index (χ1n) is 5.57. The number of halogens is 3. The van der Waals surface area contributed by atoms with Gasteiger partial charge in [0.1, 0.15) is 11.6 Å². The van der Waals surface area contributed by atoms with Gasteiger partial charge in [0.15, 0.2) is 0 Å². The van der Waals surface area contributed by atoms with Crippen molar-refractivity contribution < 1.29 is 13.9 Å². The Morgan fingerprint density at radius 2 is 1.94 bits per heavy atom. The molecule has 0 heterocycles. The molecule has 1 rings (SSSR count). The molecular formula is C13H17BrF2O. The molecule has 1 aromatic carbocycles. The van der Waals surface area contributed by atoms with Gasteiger partial charge in [-0.25, -0.2) is 8.78 Å². The topological polar surface area (TPSA) is 20.2 Å². The van der Waals surface area contributed by atoms with Crippen LogP contribution < -0.4 is 0 Å². The maximum atomic E-state index is 13.7. The van der Waals surface area contributed by atoms with Crippen LogP contribution in [0.4, 0.5) is 8.78 Å². The van der Waals surface area contributed by atoms with Gasteiger partial charge in [-0.2, -0.15) is 0 Å². The van der Waals surface area contributed by atoms with E-state index in [-0.39, 0.29) is 22.4 Å². The average molecular weight is 307 g/mol. The van der Waals surface area contributed by atoms with Crippen molar-refractivity contribution in [2.24, 2.45) is 5.92 Å². The molecule has 1 aromatic rings. The Morgan fingerprint density at radius 3 is 2.47 bits per heavy atom. The predicted octanol–water partition coefficient (Wildman–Crippen LogP) is 4.07. The monoisotopic (exact) mass is 306 g/mol. The zero-order valence-corrected chi connectivity index (χ0v) is 11.8. The van der Waals surface area contributed by atoms with Crippen LogP contribution in [0.3, 0.4) is 0 Å². The van der Waals surface area contributed by atoms with E-state index in [1.807, 2.05) is 13.8 Å². The van der Waals surface area contributed by atoms with Crippen molar-refractivity contribution in [2.75, 3.05) is 0 Å². The third-order valence-electron chi connectivity index (χ3n) is 2.54. The quantitative estimate of drug-likeness (QED) is 0.832. The molecule has 0 saturated heterocycles. The van der Waals surface area contributed by atoms with E-state index in [0.717, 1.165) is 0 Å². The summed E-state index contributed by atoms with van der Waals surface area (Å²) in [6.07, 6.45) is 0.473. The lowest BCUT2D eigenvalue weighted by molar-refractivity contribution is 0.0371. The van der Waals surface area contributed by atoms with Crippen molar-refractivity contribution in [3.63, 3.8) is 0 Å². The molecule has 0 radical (unpaired) electrons. The van der Waals surface area contributed by atoms with E-state index in [9.17, 15) is 13.9 Å². The molecule has 0 aliphatic heterocycles. The van der Waals surface area contributed by atoms with E-state index in [0.29, 0.717) is 6.42 Å². The summed E-state index contributed by atoms with van der Waals surface area (Å²) in [7, 11) is 0. The first kappa shape index (κ1) is 14.6. The zero-order chi connectivity index (χ0) is 13.2. The largest absolute Gasteiger partial charge is 0.390 e. The molecule has 0 spiro atoms. The van der Waals surface area contributed by atoms with Gasteiger partial charge >= 0.3 is 0 Å². The van der Waals surface area contributed by atoms with Crippen molar-refractivity contribution in [1.82, 2.24) is 0 Å². The van der Waals surface area contributed by atoms with Crippen LogP contribution in [0, 0.1) is 17.6 Å². The lowest BCUT2D eigenvalue weighted by atomic mass is 9.88. The normalized spacial score (nSPS) is 15.1. The van der Waals surface area contributed by atoms with Gasteiger partial charge in [0, 0.05) is 12.0 Å². The van der Waals surface area contributed by atoms with Crippen LogP contribution in [0.2, 0.25) is 0 Å². The minimum atomic E-state index is -1.10. The smallest absolute Gasteiger partial charge is 0.143 e. The summed E-state index contributed by atoms with van der Waals surface area (Å²) in [5.41, 5.74) is -1.17. The Labute approximate surface area is 109 Å². The number of hydrogen-bond acceptors (Lipinski definition) is 1. The lowest BCUT2D eigenvalue weighted by Crippen LogP contribution is -2.30. The van der Waals surface area contributed by atoms with Gasteiger partial charge in [0.25, 0.3) is 0 Å². The maximum Gasteiger partial charge on any atom is 0.143 e. The molecule has 0 bridgehead atoms. The number of aliphatic hydroxyl groups is 1. The molecule has 0 aliphatic rings. The zero-order valence-electron chi connectivity index (χ0n) is 10.2. The minimum absolute atomic E-state index is 0.0255. The van der Waals surface area contributed by atoms with Crippen LogP contribution in [0.15, 0.2) is 16.6 Å². The summed E-state index contributed by atoms with van der Waals surface area (Å²) >= 11 is 3.02. The first-order chi connectivity index (χ1) is 7.73. The van der Waals surface area contributed by atoms with Crippen LogP contribution in [-0.4, -0.2) is 10.7 Å². The maximum absolute atomic E-state index is 13.7. The lowest BCUT2D eigenvalue weighted by Gasteiger charge is -2.26. The molecular weight excluding hydrogens is 290 g/mol. The first-order valence-corrected chi connectivity index (χ1v) is 6.37. The van der Waals surface area contributed by atoms with E-state index >= 15 is 0 Å². The van der Waals surface area contributed by atoms with Crippen LogP contribution in [-0.2, 0) is 6.42 Å². The minimum Gasteiger partial charge on any atom is -0.390 e. The van der Waals surface area contributed by atoms with Crippen LogP contribution in [0.5, 0.6) is 0 Å². The number of rotatable bonds is 4. The Bertz CT molecular complexity index is 403. The van der Waals surface area contributed by atoms with E-state index in [1.165, 1.54) is 12.1 Å². The van der Waals surface area contributed by atoms with Gasteiger partial charge in [-0.1, -0.05) is 13.8 Å². The number of benzene rings is 1. The molecule has 1 atom stereocenters. The highest BCUT2D eigenvalue weighted by atomic mass is 79.9. The Kier molecular flexibility index (Phi) is 4.67. The standard InChI is InChI=1S/C13H17BrF2O/c1-8(2)6-13(3,17)7-9-11(15)5-4-10(14)12(9)16/h4-5,8,17H,6-7H2,1-3H3. The van der Waals surface area contributed by atoms with Crippen molar-refractivity contribution in [3.05, 3.63) is 33.8 Å². The molecule has 0 saturated carbocycles. The summed E-state index contributed by atoms with van der Waals surface area (Å²) < 4.78 is 27.5. The molecule has 0 aliphatic carbocycles. The average Bonchev–Trinajstić information content (AvgIpc) is 2.17. The fourth-order valence-electron chi connectivity index (χ4n) is 2.06. The molecule has 17 heavy (non-hydrogen) atoms. The molecule has 1 N–H and O–H groups in total. The predicted molar refractivity (Wildman–Crippen MR) is 67.8 cm³/mol. The molecule has 96 valence electrons. The molecule has 4 heteroatoms. The van der Waals surface area contributed by atoms with Crippen molar-refractivity contribution >= 4 is 15.9 Å². The summed E-state index contributed by atoms with van der Waals surface area (Å²) in [5.74, 6) is -0.980. The fourth-order valence-corrected chi connectivity index (χ4v) is 2.44. The van der Waals surface area contributed by atoms with Crippen molar-refractivity contribution in [1.29, 1.82) is 0 Å². The highest BCUT2D eigenvalue weighted by Crippen LogP contribution is 2.27. The van der Waals surface area contributed by atoms with Crippen LogP contribution in [0.1, 0.15) is 32.8 Å². The van der Waals surface area contributed by atoms with Gasteiger partial charge in [-0.3, -0.25) is 0 Å². The van der Waals surface area contributed by atoms with E-state index < -0.39 is 17.2 Å². The Hall–Kier alpha value is -0.480. The van der Waals surface area contributed by atoms with Crippen LogP contribution in [0.25, 0.3) is 0 Å². The molecule has 0 aromatic heterocycles. The number of hydrogen-bond donors (Lipinski definition) is 1. The highest BCUT2D eigenvalue weighted by molar-refractivity contribution is 9.10. The van der Waals surface area contributed by atoms with E-state index in [1.54, 1.807) is 6.92 Å². The summed E-state index contributed by atoms with van der Waals surface area (Å²) in [6.45, 7) is 5.52. The third-order valence-corrected chi connectivity index (χ3v) is 3.16. The second kappa shape index (κ2) is 5.44. The molecule has 1 unspecified atom stereocenters. The molecule has 0 amide bonds. The summed E-state index contributed by atoms with van der Waals surface area (Å²) in [6, 6.07) is 2.53. The van der Waals surface area contributed by atoms with Gasteiger partial charge in [0.05, 0.1) is 10.1 Å². The van der Waals surface area contributed by atoms with E-state index in [4.69, 9.17) is 0 Å². The summed E-state index contributed by atoms with van der Waals surface area (Å²) in [5, 5.41) is 10.1. The van der Waals surface area contributed by atoms with Gasteiger partial charge < -0.3 is 5.11 Å². The molecule has 1 nitrogen and oxygen atoms in total. The van der Waals surface area contributed by atoms with Gasteiger partial charge in [0.2, 0.25) is 0 Å². The Morgan fingerprint density at radius 1 is 1.35 bits per heavy atom.